The second-order valence-electron chi connectivity index (χ2n) is 5.42. The average molecular weight is 276 g/mol. The van der Waals surface area contributed by atoms with Gasteiger partial charge in [0.15, 0.2) is 0 Å². The third-order valence-electron chi connectivity index (χ3n) is 3.70. The van der Waals surface area contributed by atoms with Gasteiger partial charge in [0, 0.05) is 7.05 Å². The van der Waals surface area contributed by atoms with Gasteiger partial charge in [0.2, 0.25) is 5.91 Å². The monoisotopic (exact) mass is 276 g/mol. The summed E-state index contributed by atoms with van der Waals surface area (Å²) < 4.78 is 5.65. The van der Waals surface area contributed by atoms with E-state index in [1.165, 1.54) is 12.0 Å². The number of amides is 1. The summed E-state index contributed by atoms with van der Waals surface area (Å²) in [5, 5.41) is 3.28. The van der Waals surface area contributed by atoms with Crippen molar-refractivity contribution in [3.05, 3.63) is 29.8 Å². The molecule has 1 aromatic carbocycles. The number of hydrogen-bond donors (Lipinski definition) is 1. The zero-order valence-electron chi connectivity index (χ0n) is 12.4. The van der Waals surface area contributed by atoms with Crippen molar-refractivity contribution in [2.24, 2.45) is 0 Å². The van der Waals surface area contributed by atoms with Crippen molar-refractivity contribution in [1.29, 1.82) is 0 Å². The zero-order chi connectivity index (χ0) is 14.4. The highest BCUT2D eigenvalue weighted by atomic mass is 16.5. The van der Waals surface area contributed by atoms with Gasteiger partial charge in [-0.15, -0.1) is 0 Å². The normalized spacial score (nSPS) is 18.6. The van der Waals surface area contributed by atoms with E-state index in [0.29, 0.717) is 13.2 Å². The van der Waals surface area contributed by atoms with E-state index < -0.39 is 0 Å². The van der Waals surface area contributed by atoms with Crippen LogP contribution in [-0.2, 0) is 4.79 Å². The summed E-state index contributed by atoms with van der Waals surface area (Å²) in [6.45, 7) is 4.14. The molecule has 0 spiro atoms. The summed E-state index contributed by atoms with van der Waals surface area (Å²) in [5.74, 6) is 1.03. The minimum Gasteiger partial charge on any atom is -0.492 e. The van der Waals surface area contributed by atoms with E-state index in [0.717, 1.165) is 25.1 Å². The maximum absolute atomic E-state index is 12.2. The zero-order valence-corrected chi connectivity index (χ0v) is 12.4. The Bertz CT molecular complexity index is 425. The lowest BCUT2D eigenvalue weighted by Gasteiger charge is -2.27. The molecule has 1 aromatic rings. The Morgan fingerprint density at radius 3 is 2.75 bits per heavy atom. The molecule has 1 saturated heterocycles. The average Bonchev–Trinajstić information content (AvgIpc) is 2.49. The van der Waals surface area contributed by atoms with Gasteiger partial charge in [0.25, 0.3) is 0 Å². The van der Waals surface area contributed by atoms with Crippen LogP contribution in [-0.4, -0.2) is 43.6 Å². The number of rotatable bonds is 5. The van der Waals surface area contributed by atoms with Crippen LogP contribution in [0.1, 0.15) is 24.8 Å². The number of benzene rings is 1. The van der Waals surface area contributed by atoms with Crippen LogP contribution in [0.25, 0.3) is 0 Å². The third-order valence-corrected chi connectivity index (χ3v) is 3.70. The van der Waals surface area contributed by atoms with Gasteiger partial charge in [-0.05, 0) is 38.4 Å². The minimum absolute atomic E-state index is 0.00637. The molecule has 1 unspecified atom stereocenters. The molecule has 1 atom stereocenters. The van der Waals surface area contributed by atoms with Gasteiger partial charge in [-0.25, -0.2) is 0 Å². The molecule has 1 aliphatic heterocycles. The number of aryl methyl sites for hydroxylation is 1. The van der Waals surface area contributed by atoms with Gasteiger partial charge in [-0.2, -0.15) is 0 Å². The van der Waals surface area contributed by atoms with E-state index >= 15 is 0 Å². The SMILES string of the molecule is Cc1ccc(OCCN(C)C(=O)C2CCCCN2)cc1. The fraction of sp³-hybridized carbons (Fsp3) is 0.562. The van der Waals surface area contributed by atoms with Crippen molar-refractivity contribution in [2.45, 2.75) is 32.2 Å². The lowest BCUT2D eigenvalue weighted by molar-refractivity contribution is -0.133. The molecule has 20 heavy (non-hydrogen) atoms. The second kappa shape index (κ2) is 7.29. The topological polar surface area (TPSA) is 41.6 Å². The number of carbonyl (C=O) groups is 1. The van der Waals surface area contributed by atoms with Crippen LogP contribution in [0.3, 0.4) is 0 Å². The lowest BCUT2D eigenvalue weighted by atomic mass is 10.0. The van der Waals surface area contributed by atoms with E-state index in [1.807, 2.05) is 38.2 Å². The predicted octanol–water partition coefficient (Wildman–Crippen LogP) is 1.97. The van der Waals surface area contributed by atoms with Crippen molar-refractivity contribution in [3.8, 4) is 5.75 Å². The van der Waals surface area contributed by atoms with Gasteiger partial charge < -0.3 is 15.0 Å². The molecule has 1 fully saturated rings. The highest BCUT2D eigenvalue weighted by Gasteiger charge is 2.23. The van der Waals surface area contributed by atoms with Crippen LogP contribution in [0.5, 0.6) is 5.75 Å². The largest absolute Gasteiger partial charge is 0.492 e. The summed E-state index contributed by atoms with van der Waals surface area (Å²) in [6.07, 6.45) is 3.25. The molecule has 0 radical (unpaired) electrons. The Morgan fingerprint density at radius 2 is 2.10 bits per heavy atom. The van der Waals surface area contributed by atoms with Crippen molar-refractivity contribution in [1.82, 2.24) is 10.2 Å². The Morgan fingerprint density at radius 1 is 1.35 bits per heavy atom. The fourth-order valence-electron chi connectivity index (χ4n) is 2.37. The molecule has 1 N–H and O–H groups in total. The number of likely N-dealkylation sites (N-methyl/N-ethyl adjacent to an activating group) is 1. The third kappa shape index (κ3) is 4.23. The van der Waals surface area contributed by atoms with Crippen molar-refractivity contribution in [2.75, 3.05) is 26.7 Å². The van der Waals surface area contributed by atoms with Crippen LogP contribution in [0.2, 0.25) is 0 Å². The molecular formula is C16H24N2O2. The number of carbonyl (C=O) groups excluding carboxylic acids is 1. The number of ether oxygens (including phenoxy) is 1. The Balaban J connectivity index is 1.72. The predicted molar refractivity (Wildman–Crippen MR) is 80.0 cm³/mol. The van der Waals surface area contributed by atoms with Gasteiger partial charge in [0.05, 0.1) is 12.6 Å². The molecule has 0 aliphatic carbocycles. The fourth-order valence-corrected chi connectivity index (χ4v) is 2.37. The van der Waals surface area contributed by atoms with E-state index in [4.69, 9.17) is 4.74 Å². The van der Waals surface area contributed by atoms with Crippen molar-refractivity contribution < 1.29 is 9.53 Å². The maximum Gasteiger partial charge on any atom is 0.239 e. The van der Waals surface area contributed by atoms with Gasteiger partial charge in [-0.1, -0.05) is 24.1 Å². The molecule has 1 heterocycles. The van der Waals surface area contributed by atoms with Crippen LogP contribution in [0.4, 0.5) is 0 Å². The Kier molecular flexibility index (Phi) is 5.41. The number of nitrogens with one attached hydrogen (secondary N) is 1. The molecule has 4 heteroatoms. The van der Waals surface area contributed by atoms with E-state index in [2.05, 4.69) is 5.32 Å². The highest BCUT2D eigenvalue weighted by molar-refractivity contribution is 5.81. The number of nitrogens with zero attached hydrogens (tertiary/aromatic N) is 1. The molecule has 0 aromatic heterocycles. The van der Waals surface area contributed by atoms with Gasteiger partial charge in [-0.3, -0.25) is 4.79 Å². The molecule has 1 aliphatic rings. The molecule has 110 valence electrons. The molecule has 0 bridgehead atoms. The molecule has 1 amide bonds. The Hall–Kier alpha value is -1.55. The number of hydrogen-bond acceptors (Lipinski definition) is 3. The summed E-state index contributed by atoms with van der Waals surface area (Å²) >= 11 is 0. The first kappa shape index (κ1) is 14.9. The smallest absolute Gasteiger partial charge is 0.239 e. The van der Waals surface area contributed by atoms with Crippen LogP contribution in [0, 0.1) is 6.92 Å². The van der Waals surface area contributed by atoms with E-state index in [-0.39, 0.29) is 11.9 Å². The lowest BCUT2D eigenvalue weighted by Crippen LogP contribution is -2.48. The summed E-state index contributed by atoms with van der Waals surface area (Å²) in [7, 11) is 1.84. The standard InChI is InChI=1S/C16H24N2O2/c1-13-6-8-14(9-7-13)20-12-11-18(2)16(19)15-5-3-4-10-17-15/h6-9,15,17H,3-5,10-12H2,1-2H3. The van der Waals surface area contributed by atoms with Crippen LogP contribution < -0.4 is 10.1 Å². The van der Waals surface area contributed by atoms with Gasteiger partial charge in [0.1, 0.15) is 12.4 Å². The first-order valence-electron chi connectivity index (χ1n) is 7.34. The molecule has 2 rings (SSSR count). The first-order valence-corrected chi connectivity index (χ1v) is 7.34. The summed E-state index contributed by atoms with van der Waals surface area (Å²) in [5.41, 5.74) is 1.22. The quantitative estimate of drug-likeness (QED) is 0.894. The summed E-state index contributed by atoms with van der Waals surface area (Å²) in [4.78, 5) is 14.0. The van der Waals surface area contributed by atoms with Crippen molar-refractivity contribution >= 4 is 5.91 Å². The van der Waals surface area contributed by atoms with Crippen molar-refractivity contribution in [3.63, 3.8) is 0 Å². The molecule has 4 nitrogen and oxygen atoms in total. The summed E-state index contributed by atoms with van der Waals surface area (Å²) in [6, 6.07) is 7.96. The van der Waals surface area contributed by atoms with Gasteiger partial charge >= 0.3 is 0 Å². The number of piperidine rings is 1. The molecular weight excluding hydrogens is 252 g/mol. The van der Waals surface area contributed by atoms with E-state index in [1.54, 1.807) is 4.90 Å². The highest BCUT2D eigenvalue weighted by Crippen LogP contribution is 2.12. The molecule has 0 saturated carbocycles. The van der Waals surface area contributed by atoms with Crippen LogP contribution in [0.15, 0.2) is 24.3 Å². The first-order chi connectivity index (χ1) is 9.66. The second-order valence-corrected chi connectivity index (χ2v) is 5.42. The Labute approximate surface area is 121 Å². The van der Waals surface area contributed by atoms with E-state index in [9.17, 15) is 4.79 Å². The van der Waals surface area contributed by atoms with Crippen LogP contribution >= 0.6 is 0 Å². The maximum atomic E-state index is 12.2. The minimum atomic E-state index is -0.00637.